The number of benzene rings is 2. The second kappa shape index (κ2) is 7.75. The molecule has 7 heteroatoms. The summed E-state index contributed by atoms with van der Waals surface area (Å²) in [4.78, 5) is 8.95. The van der Waals surface area contributed by atoms with Gasteiger partial charge in [0.15, 0.2) is 11.0 Å². The smallest absolute Gasteiger partial charge is 0.189 e. The number of hydrogen-bond acceptors (Lipinski definition) is 5. The van der Waals surface area contributed by atoms with Gasteiger partial charge in [-0.25, -0.2) is 9.97 Å². The summed E-state index contributed by atoms with van der Waals surface area (Å²) in [6.45, 7) is 0. The lowest BCUT2D eigenvalue weighted by molar-refractivity contribution is 0.975. The lowest BCUT2D eigenvalue weighted by Crippen LogP contribution is -2.03. The molecule has 0 saturated carbocycles. The van der Waals surface area contributed by atoms with Crippen molar-refractivity contribution < 1.29 is 0 Å². The van der Waals surface area contributed by atoms with E-state index < -0.39 is 0 Å². The van der Waals surface area contributed by atoms with E-state index in [9.17, 15) is 5.26 Å². The van der Waals surface area contributed by atoms with E-state index in [0.29, 0.717) is 32.3 Å². The Morgan fingerprint density at radius 2 is 1.56 bits per heavy atom. The van der Waals surface area contributed by atoms with Crippen LogP contribution in [0.2, 0.25) is 10.0 Å². The Morgan fingerprint density at radius 1 is 0.960 bits per heavy atom. The van der Waals surface area contributed by atoms with Gasteiger partial charge in [0.1, 0.15) is 11.6 Å². The van der Waals surface area contributed by atoms with Crippen LogP contribution in [0.15, 0.2) is 53.7 Å². The fourth-order valence-corrected chi connectivity index (χ4v) is 2.83. The molecule has 4 nitrogen and oxygen atoms in total. The normalized spacial score (nSPS) is 10.3. The average molecular weight is 387 g/mol. The number of nitrogens with one attached hydrogen (secondary N) is 1. The largest absolute Gasteiger partial charge is 0.339 e. The first-order valence-electron chi connectivity index (χ1n) is 7.25. The van der Waals surface area contributed by atoms with Crippen LogP contribution in [-0.4, -0.2) is 16.2 Å². The standard InChI is InChI=1S/C18H12Cl2N4S/c1-25-18-23-16(11-2-4-12(19)5-3-11)15(10-21)17(24-18)22-14-8-6-13(20)7-9-14/h2-9H,1H3,(H,22,23,24). The van der Waals surface area contributed by atoms with E-state index in [2.05, 4.69) is 21.4 Å². The van der Waals surface area contributed by atoms with Crippen LogP contribution in [-0.2, 0) is 0 Å². The number of nitrogens with zero attached hydrogens (tertiary/aromatic N) is 3. The van der Waals surface area contributed by atoms with E-state index in [1.165, 1.54) is 11.8 Å². The topological polar surface area (TPSA) is 61.6 Å². The molecule has 0 atom stereocenters. The van der Waals surface area contributed by atoms with Crippen molar-refractivity contribution in [3.8, 4) is 17.3 Å². The number of anilines is 2. The van der Waals surface area contributed by atoms with Crippen LogP contribution in [0.4, 0.5) is 11.5 Å². The Bertz CT molecular complexity index is 935. The van der Waals surface area contributed by atoms with Crippen molar-refractivity contribution in [2.45, 2.75) is 5.16 Å². The third-order valence-electron chi connectivity index (χ3n) is 3.41. The number of aromatic nitrogens is 2. The molecule has 3 aromatic rings. The monoisotopic (exact) mass is 386 g/mol. The molecule has 25 heavy (non-hydrogen) atoms. The van der Waals surface area contributed by atoms with Crippen molar-refractivity contribution in [3.63, 3.8) is 0 Å². The molecular formula is C18H12Cl2N4S. The van der Waals surface area contributed by atoms with Crippen molar-refractivity contribution in [2.24, 2.45) is 0 Å². The third-order valence-corrected chi connectivity index (χ3v) is 4.46. The molecule has 124 valence electrons. The second-order valence-electron chi connectivity index (χ2n) is 5.03. The Balaban J connectivity index is 2.11. The maximum atomic E-state index is 9.68. The van der Waals surface area contributed by atoms with Gasteiger partial charge < -0.3 is 5.32 Å². The predicted molar refractivity (Wildman–Crippen MR) is 104 cm³/mol. The van der Waals surface area contributed by atoms with Gasteiger partial charge in [-0.15, -0.1) is 0 Å². The number of thioether (sulfide) groups is 1. The van der Waals surface area contributed by atoms with Gasteiger partial charge in [-0.05, 0) is 42.7 Å². The number of hydrogen-bond donors (Lipinski definition) is 1. The van der Waals surface area contributed by atoms with Gasteiger partial charge in [-0.1, -0.05) is 47.1 Å². The molecule has 1 aromatic heterocycles. The molecule has 0 spiro atoms. The molecule has 0 aliphatic heterocycles. The highest BCUT2D eigenvalue weighted by Crippen LogP contribution is 2.30. The van der Waals surface area contributed by atoms with Gasteiger partial charge in [0.05, 0.1) is 5.69 Å². The molecule has 0 fully saturated rings. The van der Waals surface area contributed by atoms with Crippen LogP contribution in [0.1, 0.15) is 5.56 Å². The minimum atomic E-state index is 0.370. The number of halogens is 2. The lowest BCUT2D eigenvalue weighted by atomic mass is 10.1. The van der Waals surface area contributed by atoms with Gasteiger partial charge in [0.2, 0.25) is 0 Å². The van der Waals surface area contributed by atoms with Crippen LogP contribution < -0.4 is 5.32 Å². The maximum absolute atomic E-state index is 9.68. The van der Waals surface area contributed by atoms with Crippen molar-refractivity contribution in [3.05, 3.63) is 64.1 Å². The first kappa shape index (κ1) is 17.6. The zero-order chi connectivity index (χ0) is 17.8. The van der Waals surface area contributed by atoms with Crippen molar-refractivity contribution >= 4 is 46.5 Å². The summed E-state index contributed by atoms with van der Waals surface area (Å²) in [7, 11) is 0. The first-order chi connectivity index (χ1) is 12.1. The summed E-state index contributed by atoms with van der Waals surface area (Å²) in [6.07, 6.45) is 1.89. The molecule has 2 aromatic carbocycles. The molecule has 0 radical (unpaired) electrons. The predicted octanol–water partition coefficient (Wildman–Crippen LogP) is 5.79. The quantitative estimate of drug-likeness (QED) is 0.454. The highest BCUT2D eigenvalue weighted by atomic mass is 35.5. The molecule has 3 rings (SSSR count). The van der Waals surface area contributed by atoms with E-state index in [1.54, 1.807) is 24.3 Å². The highest BCUT2D eigenvalue weighted by Gasteiger charge is 2.16. The summed E-state index contributed by atoms with van der Waals surface area (Å²) < 4.78 is 0. The summed E-state index contributed by atoms with van der Waals surface area (Å²) in [5, 5.41) is 14.7. The van der Waals surface area contributed by atoms with Gasteiger partial charge >= 0.3 is 0 Å². The Hall–Kier alpha value is -2.26. The van der Waals surface area contributed by atoms with Gasteiger partial charge in [-0.2, -0.15) is 5.26 Å². The fraction of sp³-hybridized carbons (Fsp3) is 0.0556. The molecule has 0 unspecified atom stereocenters. The van der Waals surface area contributed by atoms with Crippen LogP contribution in [0, 0.1) is 11.3 Å². The van der Waals surface area contributed by atoms with Crippen LogP contribution in [0.25, 0.3) is 11.3 Å². The average Bonchev–Trinajstić information content (AvgIpc) is 2.63. The number of rotatable bonds is 4. The molecule has 1 N–H and O–H groups in total. The van der Waals surface area contributed by atoms with Crippen LogP contribution >= 0.6 is 35.0 Å². The fourth-order valence-electron chi connectivity index (χ4n) is 2.21. The maximum Gasteiger partial charge on any atom is 0.189 e. The molecule has 0 aliphatic rings. The Labute approximate surface area is 159 Å². The van der Waals surface area contributed by atoms with Crippen molar-refractivity contribution in [2.75, 3.05) is 11.6 Å². The van der Waals surface area contributed by atoms with Crippen molar-refractivity contribution in [1.29, 1.82) is 5.26 Å². The SMILES string of the molecule is CSc1nc(Nc2ccc(Cl)cc2)c(C#N)c(-c2ccc(Cl)cc2)n1. The van der Waals surface area contributed by atoms with Gasteiger partial charge in [-0.3, -0.25) is 0 Å². The van der Waals surface area contributed by atoms with Crippen LogP contribution in [0.3, 0.4) is 0 Å². The third kappa shape index (κ3) is 4.05. The molecule has 1 heterocycles. The molecule has 0 bridgehead atoms. The molecule has 0 aliphatic carbocycles. The first-order valence-corrected chi connectivity index (χ1v) is 9.23. The van der Waals surface area contributed by atoms with Gasteiger partial charge in [0.25, 0.3) is 0 Å². The lowest BCUT2D eigenvalue weighted by Gasteiger charge is -2.12. The summed E-state index contributed by atoms with van der Waals surface area (Å²) >= 11 is 13.3. The van der Waals surface area contributed by atoms with E-state index >= 15 is 0 Å². The summed E-state index contributed by atoms with van der Waals surface area (Å²) in [5.41, 5.74) is 2.52. The van der Waals surface area contributed by atoms with Crippen molar-refractivity contribution in [1.82, 2.24) is 9.97 Å². The Kier molecular flexibility index (Phi) is 5.44. The zero-order valence-electron chi connectivity index (χ0n) is 13.1. The van der Waals surface area contributed by atoms with Gasteiger partial charge in [0, 0.05) is 21.3 Å². The van der Waals surface area contributed by atoms with E-state index in [0.717, 1.165) is 11.3 Å². The van der Waals surface area contributed by atoms with E-state index in [-0.39, 0.29) is 0 Å². The van der Waals surface area contributed by atoms with Crippen LogP contribution in [0.5, 0.6) is 0 Å². The summed E-state index contributed by atoms with van der Waals surface area (Å²) in [6, 6.07) is 16.6. The Morgan fingerprint density at radius 3 is 2.12 bits per heavy atom. The molecule has 0 amide bonds. The molecule has 0 saturated heterocycles. The molecular weight excluding hydrogens is 375 g/mol. The number of nitriles is 1. The minimum Gasteiger partial charge on any atom is -0.339 e. The van der Waals surface area contributed by atoms with E-state index in [4.69, 9.17) is 23.2 Å². The second-order valence-corrected chi connectivity index (χ2v) is 6.68. The minimum absolute atomic E-state index is 0.370. The zero-order valence-corrected chi connectivity index (χ0v) is 15.5. The van der Waals surface area contributed by atoms with E-state index in [1.807, 2.05) is 30.5 Å². The summed E-state index contributed by atoms with van der Waals surface area (Å²) in [5.74, 6) is 0.453. The highest BCUT2D eigenvalue weighted by molar-refractivity contribution is 7.98.